The Hall–Kier alpha value is -4.07. The van der Waals surface area contributed by atoms with Gasteiger partial charge in [-0.1, -0.05) is 49.4 Å². The first-order valence-corrected chi connectivity index (χ1v) is 10.6. The number of ether oxygens (including phenoxy) is 1. The zero-order valence-corrected chi connectivity index (χ0v) is 18.2. The van der Waals surface area contributed by atoms with Gasteiger partial charge in [-0.3, -0.25) is 9.59 Å². The highest BCUT2D eigenvalue weighted by Gasteiger charge is 2.40. The summed E-state index contributed by atoms with van der Waals surface area (Å²) in [5.41, 5.74) is -0.0811. The van der Waals surface area contributed by atoms with Crippen molar-refractivity contribution < 1.29 is 27.5 Å². The zero-order chi connectivity index (χ0) is 24.3. The van der Waals surface area contributed by atoms with Crippen molar-refractivity contribution in [3.8, 4) is 5.75 Å². The largest absolute Gasteiger partial charge is 0.494 e. The number of anilines is 2. The minimum Gasteiger partial charge on any atom is -0.494 e. The summed E-state index contributed by atoms with van der Waals surface area (Å²) < 4.78 is 45.2. The summed E-state index contributed by atoms with van der Waals surface area (Å²) in [7, 11) is 0. The Morgan fingerprint density at radius 2 is 1.62 bits per heavy atom. The maximum atomic E-state index is 13.5. The van der Waals surface area contributed by atoms with Crippen molar-refractivity contribution in [2.75, 3.05) is 16.8 Å². The summed E-state index contributed by atoms with van der Waals surface area (Å²) in [6, 6.07) is 19.6. The summed E-state index contributed by atoms with van der Waals surface area (Å²) >= 11 is 0. The van der Waals surface area contributed by atoms with Gasteiger partial charge in [0.25, 0.3) is 11.8 Å². The third-order valence-corrected chi connectivity index (χ3v) is 5.15. The second-order valence-electron chi connectivity index (χ2n) is 7.61. The molecule has 34 heavy (non-hydrogen) atoms. The zero-order valence-electron chi connectivity index (χ0n) is 18.2. The number of hydrogen-bond acceptors (Lipinski definition) is 4. The van der Waals surface area contributed by atoms with E-state index < -0.39 is 23.6 Å². The van der Waals surface area contributed by atoms with Gasteiger partial charge in [-0.15, -0.1) is 0 Å². The van der Waals surface area contributed by atoms with Crippen LogP contribution in [0.2, 0.25) is 0 Å². The molecule has 0 saturated heterocycles. The molecule has 0 spiro atoms. The summed E-state index contributed by atoms with van der Waals surface area (Å²) in [5.74, 6) is -0.757. The normalized spacial score (nSPS) is 14.1. The molecule has 8 heteroatoms. The number of carbonyl (C=O) groups excluding carboxylic acids is 2. The van der Waals surface area contributed by atoms with Gasteiger partial charge in [0.05, 0.1) is 23.4 Å². The average molecular weight is 466 g/mol. The van der Waals surface area contributed by atoms with Crippen LogP contribution in [0.3, 0.4) is 0 Å². The number of halogens is 3. The van der Waals surface area contributed by atoms with Crippen molar-refractivity contribution in [3.63, 3.8) is 0 Å². The molecule has 0 aliphatic carbocycles. The predicted octanol–water partition coefficient (Wildman–Crippen LogP) is 5.89. The fraction of sp³-hybridized carbons (Fsp3) is 0.154. The van der Waals surface area contributed by atoms with Crippen LogP contribution in [-0.4, -0.2) is 18.4 Å². The summed E-state index contributed by atoms with van der Waals surface area (Å²) in [4.78, 5) is 27.9. The number of rotatable bonds is 7. The number of amides is 2. The standard InChI is InChI=1S/C26H21F3N2O3/c1-2-14-34-21-13-7-12-20(16-21)31-24(32)22(17-8-4-3-5-9-17)23(25(31)33)30-19-11-6-10-18(15-19)26(27,28)29/h3-13,15-16,30H,2,14H2,1H3. The van der Waals surface area contributed by atoms with Crippen molar-refractivity contribution in [2.45, 2.75) is 19.5 Å². The molecule has 0 saturated carbocycles. The Balaban J connectivity index is 1.76. The van der Waals surface area contributed by atoms with Gasteiger partial charge in [0, 0.05) is 11.8 Å². The minimum atomic E-state index is -4.55. The topological polar surface area (TPSA) is 58.6 Å². The van der Waals surface area contributed by atoms with Crippen LogP contribution >= 0.6 is 0 Å². The number of benzene rings is 3. The monoisotopic (exact) mass is 466 g/mol. The molecule has 1 aliphatic rings. The van der Waals surface area contributed by atoms with Gasteiger partial charge < -0.3 is 10.1 Å². The van der Waals surface area contributed by atoms with E-state index >= 15 is 0 Å². The van der Waals surface area contributed by atoms with E-state index in [4.69, 9.17) is 4.74 Å². The van der Waals surface area contributed by atoms with Gasteiger partial charge >= 0.3 is 6.18 Å². The number of nitrogens with zero attached hydrogens (tertiary/aromatic N) is 1. The van der Waals surface area contributed by atoms with Crippen molar-refractivity contribution >= 4 is 28.8 Å². The molecule has 174 valence electrons. The predicted molar refractivity (Wildman–Crippen MR) is 123 cm³/mol. The third-order valence-electron chi connectivity index (χ3n) is 5.15. The number of hydrogen-bond donors (Lipinski definition) is 1. The Bertz CT molecular complexity index is 1250. The smallest absolute Gasteiger partial charge is 0.416 e. The van der Waals surface area contributed by atoms with Crippen molar-refractivity contribution in [1.82, 2.24) is 0 Å². The van der Waals surface area contributed by atoms with Crippen LogP contribution in [0.4, 0.5) is 24.5 Å². The molecule has 0 aromatic heterocycles. The molecule has 1 aliphatic heterocycles. The van der Waals surface area contributed by atoms with Crippen LogP contribution in [0.1, 0.15) is 24.5 Å². The van der Waals surface area contributed by atoms with Gasteiger partial charge in [0.1, 0.15) is 11.4 Å². The first-order valence-electron chi connectivity index (χ1n) is 10.6. The Morgan fingerprint density at radius 1 is 0.882 bits per heavy atom. The van der Waals surface area contributed by atoms with Crippen LogP contribution in [0.25, 0.3) is 5.57 Å². The Kier molecular flexibility index (Phi) is 6.40. The number of carbonyl (C=O) groups is 2. The van der Waals surface area contributed by atoms with Gasteiger partial charge in [0.15, 0.2) is 0 Å². The average Bonchev–Trinajstić information content (AvgIpc) is 3.07. The van der Waals surface area contributed by atoms with Crippen molar-refractivity contribution in [1.29, 1.82) is 0 Å². The number of imide groups is 1. The molecular formula is C26H21F3N2O3. The van der Waals surface area contributed by atoms with E-state index in [-0.39, 0.29) is 17.0 Å². The molecule has 2 amide bonds. The van der Waals surface area contributed by atoms with E-state index in [0.717, 1.165) is 23.5 Å². The lowest BCUT2D eigenvalue weighted by molar-refractivity contribution is -0.137. The van der Waals surface area contributed by atoms with Crippen LogP contribution < -0.4 is 15.0 Å². The van der Waals surface area contributed by atoms with Crippen LogP contribution in [0.15, 0.2) is 84.6 Å². The molecule has 1 N–H and O–H groups in total. The van der Waals surface area contributed by atoms with Crippen LogP contribution in [0, 0.1) is 0 Å². The van der Waals surface area contributed by atoms with E-state index in [1.165, 1.54) is 12.1 Å². The van der Waals surface area contributed by atoms with E-state index in [0.29, 0.717) is 23.6 Å². The fourth-order valence-electron chi connectivity index (χ4n) is 3.60. The summed E-state index contributed by atoms with van der Waals surface area (Å²) in [5, 5.41) is 2.77. The van der Waals surface area contributed by atoms with Crippen LogP contribution in [-0.2, 0) is 15.8 Å². The highest BCUT2D eigenvalue weighted by molar-refractivity contribution is 6.46. The van der Waals surface area contributed by atoms with Gasteiger partial charge in [-0.2, -0.15) is 13.2 Å². The van der Waals surface area contributed by atoms with Crippen LogP contribution in [0.5, 0.6) is 5.75 Å². The number of nitrogens with one attached hydrogen (secondary N) is 1. The maximum Gasteiger partial charge on any atom is 0.416 e. The van der Waals surface area contributed by atoms with Crippen molar-refractivity contribution in [3.05, 3.63) is 95.7 Å². The first-order chi connectivity index (χ1) is 16.3. The molecule has 5 nitrogen and oxygen atoms in total. The van der Waals surface area contributed by atoms with E-state index in [1.54, 1.807) is 54.6 Å². The first kappa shape index (κ1) is 23.1. The summed E-state index contributed by atoms with van der Waals surface area (Å²) in [6.45, 7) is 2.43. The SMILES string of the molecule is CCCOc1cccc(N2C(=O)C(Nc3cccc(C(F)(F)F)c3)=C(c3ccccc3)C2=O)c1. The molecule has 0 atom stereocenters. The van der Waals surface area contributed by atoms with Gasteiger partial charge in [0.2, 0.25) is 0 Å². The van der Waals surface area contributed by atoms with Gasteiger partial charge in [-0.05, 0) is 42.3 Å². The lowest BCUT2D eigenvalue weighted by Gasteiger charge is -2.17. The number of alkyl halides is 3. The lowest BCUT2D eigenvalue weighted by atomic mass is 10.0. The van der Waals surface area contributed by atoms with Gasteiger partial charge in [-0.25, -0.2) is 4.90 Å². The molecule has 3 aromatic rings. The second kappa shape index (κ2) is 9.43. The highest BCUT2D eigenvalue weighted by atomic mass is 19.4. The second-order valence-corrected chi connectivity index (χ2v) is 7.61. The van der Waals surface area contributed by atoms with E-state index in [9.17, 15) is 22.8 Å². The quantitative estimate of drug-likeness (QED) is 0.441. The highest BCUT2D eigenvalue weighted by Crippen LogP contribution is 2.36. The molecular weight excluding hydrogens is 445 g/mol. The summed E-state index contributed by atoms with van der Waals surface area (Å²) in [6.07, 6.45) is -3.76. The van der Waals surface area contributed by atoms with E-state index in [1.807, 2.05) is 6.92 Å². The molecule has 0 radical (unpaired) electrons. The molecule has 0 fully saturated rings. The lowest BCUT2D eigenvalue weighted by Crippen LogP contribution is -2.32. The minimum absolute atomic E-state index is 0.0429. The molecule has 0 bridgehead atoms. The molecule has 3 aromatic carbocycles. The third kappa shape index (κ3) is 4.66. The molecule has 1 heterocycles. The Morgan fingerprint density at radius 3 is 2.32 bits per heavy atom. The Labute approximate surface area is 194 Å². The van der Waals surface area contributed by atoms with E-state index in [2.05, 4.69) is 5.32 Å². The molecule has 0 unspecified atom stereocenters. The maximum absolute atomic E-state index is 13.5. The fourth-order valence-corrected chi connectivity index (χ4v) is 3.60. The van der Waals surface area contributed by atoms with Crippen molar-refractivity contribution in [2.24, 2.45) is 0 Å². The molecule has 4 rings (SSSR count).